The molecule has 0 saturated carbocycles. The second-order valence-electron chi connectivity index (χ2n) is 7.13. The van der Waals surface area contributed by atoms with Crippen molar-refractivity contribution in [1.82, 2.24) is 20.8 Å². The molecule has 1 amide bonds. The van der Waals surface area contributed by atoms with Crippen molar-refractivity contribution in [3.05, 3.63) is 35.9 Å². The smallest absolute Gasteiger partial charge is 0.260 e. The van der Waals surface area contributed by atoms with Crippen molar-refractivity contribution in [2.45, 2.75) is 50.3 Å². The second-order valence-corrected chi connectivity index (χ2v) is 7.13. The number of nitrogens with zero attached hydrogens (tertiary/aromatic N) is 2. The van der Waals surface area contributed by atoms with Crippen molar-refractivity contribution in [2.24, 2.45) is 0 Å². The van der Waals surface area contributed by atoms with Crippen LogP contribution in [0.2, 0.25) is 0 Å². The Morgan fingerprint density at radius 2 is 2.08 bits per heavy atom. The minimum Gasteiger partial charge on any atom is -0.363 e. The van der Waals surface area contributed by atoms with E-state index in [4.69, 9.17) is 9.68 Å². The molecule has 3 N–H and O–H groups in total. The van der Waals surface area contributed by atoms with Crippen LogP contribution in [-0.4, -0.2) is 65.2 Å². The van der Waals surface area contributed by atoms with Crippen molar-refractivity contribution in [3.63, 3.8) is 0 Å². The quantitative estimate of drug-likeness (QED) is 0.587. The molecule has 3 fully saturated rings. The molecule has 0 aliphatic carbocycles. The van der Waals surface area contributed by atoms with Gasteiger partial charge in [0.05, 0.1) is 25.3 Å². The minimum atomic E-state index is -0.921. The lowest BCUT2D eigenvalue weighted by molar-refractivity contribution is -0.265. The van der Waals surface area contributed by atoms with Crippen LogP contribution < -0.4 is 10.8 Å². The van der Waals surface area contributed by atoms with Gasteiger partial charge in [0.2, 0.25) is 0 Å². The number of hydroxylamine groups is 3. The van der Waals surface area contributed by atoms with Crippen LogP contribution in [0.4, 0.5) is 0 Å². The largest absolute Gasteiger partial charge is 0.363 e. The van der Waals surface area contributed by atoms with E-state index >= 15 is 0 Å². The highest BCUT2D eigenvalue weighted by molar-refractivity contribution is 5.81. The topological polar surface area (TPSA) is 86.3 Å². The van der Waals surface area contributed by atoms with Crippen LogP contribution in [0.25, 0.3) is 0 Å². The molecule has 5 atom stereocenters. The molecule has 3 aliphatic rings. The lowest BCUT2D eigenvalue weighted by Gasteiger charge is -2.31. The molecule has 3 heterocycles. The Kier molecular flexibility index (Phi) is 5.49. The molecule has 26 heavy (non-hydrogen) atoms. The molecule has 2 unspecified atom stereocenters. The average Bonchev–Trinajstić information content (AvgIpc) is 2.87. The second kappa shape index (κ2) is 7.99. The number of piperidine rings is 1. The molecule has 4 rings (SSSR count). The number of fused-ring (bicyclic) bond motifs is 2. The summed E-state index contributed by atoms with van der Waals surface area (Å²) in [5.41, 5.74) is 3.58. The Morgan fingerprint density at radius 3 is 2.81 bits per heavy atom. The first-order valence-electron chi connectivity index (χ1n) is 9.26. The van der Waals surface area contributed by atoms with Crippen LogP contribution in [0.1, 0.15) is 24.8 Å². The Hall–Kier alpha value is -1.55. The van der Waals surface area contributed by atoms with Gasteiger partial charge in [0, 0.05) is 12.6 Å². The van der Waals surface area contributed by atoms with E-state index in [0.29, 0.717) is 32.2 Å². The number of hydrogen-bond donors (Lipinski definition) is 3. The van der Waals surface area contributed by atoms with Crippen molar-refractivity contribution in [1.29, 1.82) is 0 Å². The van der Waals surface area contributed by atoms with Gasteiger partial charge in [-0.1, -0.05) is 30.3 Å². The summed E-state index contributed by atoms with van der Waals surface area (Å²) in [5.74, 6) is -0.202. The standard InChI is InChI=1S/C18H26N4O4/c23-17(20-25-12-14-8-9-19-14)16-7-6-15-10-21(16)18(24)22(15)26-11-13-4-2-1-3-5-13/h1-5,14-16,18-19,24H,6-12H2,(H,20,23)/t14-,15-,16-,18?/m0/s1. The van der Waals surface area contributed by atoms with Gasteiger partial charge in [0.25, 0.3) is 5.91 Å². The molecule has 142 valence electrons. The number of nitrogens with one attached hydrogen (secondary N) is 2. The van der Waals surface area contributed by atoms with Gasteiger partial charge >= 0.3 is 0 Å². The zero-order valence-electron chi connectivity index (χ0n) is 14.7. The molecule has 0 aromatic heterocycles. The first-order valence-corrected chi connectivity index (χ1v) is 9.26. The highest BCUT2D eigenvalue weighted by atomic mass is 16.7. The van der Waals surface area contributed by atoms with Gasteiger partial charge in [-0.2, -0.15) is 0 Å². The van der Waals surface area contributed by atoms with Gasteiger partial charge in [-0.25, -0.2) is 5.48 Å². The third-order valence-corrected chi connectivity index (χ3v) is 5.39. The molecule has 2 bridgehead atoms. The van der Waals surface area contributed by atoms with E-state index < -0.39 is 12.4 Å². The van der Waals surface area contributed by atoms with Gasteiger partial charge in [-0.3, -0.25) is 19.4 Å². The number of benzene rings is 1. The van der Waals surface area contributed by atoms with Gasteiger partial charge in [-0.05, 0) is 31.4 Å². The normalized spacial score (nSPS) is 33.7. The van der Waals surface area contributed by atoms with E-state index in [1.807, 2.05) is 30.3 Å². The predicted octanol–water partition coefficient (Wildman–Crippen LogP) is -0.0476. The molecule has 3 saturated heterocycles. The number of aliphatic hydroxyl groups excluding tert-OH is 1. The van der Waals surface area contributed by atoms with Crippen LogP contribution in [0.15, 0.2) is 30.3 Å². The van der Waals surface area contributed by atoms with Crippen molar-refractivity contribution >= 4 is 5.91 Å². The lowest BCUT2D eigenvalue weighted by atomic mass is 10.0. The molecular weight excluding hydrogens is 336 g/mol. The number of carbonyl (C=O) groups excluding carboxylic acids is 1. The van der Waals surface area contributed by atoms with Crippen LogP contribution in [0, 0.1) is 0 Å². The summed E-state index contributed by atoms with van der Waals surface area (Å²) in [6, 6.07) is 9.86. The van der Waals surface area contributed by atoms with Gasteiger partial charge < -0.3 is 10.4 Å². The number of amides is 1. The van der Waals surface area contributed by atoms with E-state index in [-0.39, 0.29) is 11.9 Å². The molecule has 3 aliphatic heterocycles. The number of hydrogen-bond acceptors (Lipinski definition) is 7. The number of aliphatic hydroxyl groups is 1. The summed E-state index contributed by atoms with van der Waals surface area (Å²) in [4.78, 5) is 25.4. The highest BCUT2D eigenvalue weighted by Gasteiger charge is 2.48. The third kappa shape index (κ3) is 3.75. The molecule has 1 aromatic rings. The van der Waals surface area contributed by atoms with Gasteiger partial charge in [0.15, 0.2) is 6.35 Å². The number of rotatable bonds is 7. The summed E-state index contributed by atoms with van der Waals surface area (Å²) < 4.78 is 0. The first-order chi connectivity index (χ1) is 12.7. The van der Waals surface area contributed by atoms with Crippen molar-refractivity contribution < 1.29 is 19.6 Å². The van der Waals surface area contributed by atoms with Crippen molar-refractivity contribution in [3.8, 4) is 0 Å². The van der Waals surface area contributed by atoms with E-state index in [2.05, 4.69) is 10.8 Å². The SMILES string of the molecule is O=C(NOC[C@@H]1CCN1)[C@@H]1CC[C@H]2CN1C(O)N2OCc1ccccc1. The van der Waals surface area contributed by atoms with Crippen LogP contribution in [0.3, 0.4) is 0 Å². The van der Waals surface area contributed by atoms with Crippen LogP contribution in [-0.2, 0) is 21.1 Å². The number of carbonyl (C=O) groups is 1. The maximum absolute atomic E-state index is 12.4. The molecule has 0 spiro atoms. The predicted molar refractivity (Wildman–Crippen MR) is 93.1 cm³/mol. The summed E-state index contributed by atoms with van der Waals surface area (Å²) in [6.45, 7) is 2.48. The van der Waals surface area contributed by atoms with Crippen LogP contribution >= 0.6 is 0 Å². The summed E-state index contributed by atoms with van der Waals surface area (Å²) in [7, 11) is 0. The zero-order chi connectivity index (χ0) is 17.9. The fourth-order valence-corrected chi connectivity index (χ4v) is 3.72. The third-order valence-electron chi connectivity index (χ3n) is 5.39. The van der Waals surface area contributed by atoms with E-state index in [0.717, 1.165) is 24.9 Å². The molecule has 1 aromatic carbocycles. The van der Waals surface area contributed by atoms with E-state index in [1.165, 1.54) is 0 Å². The Morgan fingerprint density at radius 1 is 1.27 bits per heavy atom. The van der Waals surface area contributed by atoms with Crippen LogP contribution in [0.5, 0.6) is 0 Å². The maximum atomic E-state index is 12.4. The van der Waals surface area contributed by atoms with Gasteiger partial charge in [-0.15, -0.1) is 5.06 Å². The minimum absolute atomic E-state index is 0.0952. The molecule has 0 radical (unpaired) electrons. The average molecular weight is 362 g/mol. The molecule has 8 nitrogen and oxygen atoms in total. The first kappa shape index (κ1) is 17.8. The lowest BCUT2D eigenvalue weighted by Crippen LogP contribution is -2.53. The van der Waals surface area contributed by atoms with Gasteiger partial charge in [0.1, 0.15) is 0 Å². The van der Waals surface area contributed by atoms with Crippen molar-refractivity contribution in [2.75, 3.05) is 19.7 Å². The monoisotopic (exact) mass is 362 g/mol. The fraction of sp³-hybridized carbons (Fsp3) is 0.611. The summed E-state index contributed by atoms with van der Waals surface area (Å²) in [6.07, 6.45) is 1.61. The Bertz CT molecular complexity index is 612. The molecular formula is C18H26N4O4. The maximum Gasteiger partial charge on any atom is 0.260 e. The fourth-order valence-electron chi connectivity index (χ4n) is 3.72. The summed E-state index contributed by atoms with van der Waals surface area (Å²) in [5, 5.41) is 15.5. The van der Waals surface area contributed by atoms with E-state index in [1.54, 1.807) is 9.96 Å². The Balaban J connectivity index is 1.29. The Labute approximate surface area is 153 Å². The molecule has 8 heteroatoms. The summed E-state index contributed by atoms with van der Waals surface area (Å²) >= 11 is 0. The van der Waals surface area contributed by atoms with E-state index in [9.17, 15) is 9.90 Å². The zero-order valence-corrected chi connectivity index (χ0v) is 14.7. The highest BCUT2D eigenvalue weighted by Crippen LogP contribution is 2.32.